The van der Waals surface area contributed by atoms with E-state index in [0.717, 1.165) is 38.9 Å². The van der Waals surface area contributed by atoms with Crippen LogP contribution in [-0.2, 0) is 4.79 Å². The van der Waals surface area contributed by atoms with Crippen molar-refractivity contribution in [1.29, 1.82) is 0 Å². The van der Waals surface area contributed by atoms with Gasteiger partial charge >= 0.3 is 0 Å². The first-order valence-corrected chi connectivity index (χ1v) is 10.3. The van der Waals surface area contributed by atoms with Gasteiger partial charge in [-0.3, -0.25) is 4.79 Å². The van der Waals surface area contributed by atoms with Gasteiger partial charge < -0.3 is 19.9 Å². The highest BCUT2D eigenvalue weighted by atomic mass is 16.5. The van der Waals surface area contributed by atoms with E-state index in [1.807, 2.05) is 37.3 Å². The minimum absolute atomic E-state index is 0.414. The Hall–Kier alpha value is -4.04. The number of carbonyl (C=O) groups is 1. The fourth-order valence-electron chi connectivity index (χ4n) is 3.55. The lowest BCUT2D eigenvalue weighted by Gasteiger charge is -2.13. The molecule has 8 heteroatoms. The van der Waals surface area contributed by atoms with Crippen LogP contribution in [-0.4, -0.2) is 46.3 Å². The number of carbonyl (C=O) groups excluding carboxylic acids is 1. The van der Waals surface area contributed by atoms with Crippen LogP contribution in [0.25, 0.3) is 33.2 Å². The topological polar surface area (TPSA) is 106 Å². The van der Waals surface area contributed by atoms with E-state index in [-0.39, 0.29) is 0 Å². The number of benzene rings is 2. The number of hydrogen-bond acceptors (Lipinski definition) is 7. The molecule has 0 saturated heterocycles. The van der Waals surface area contributed by atoms with Crippen LogP contribution in [0, 0.1) is 6.92 Å². The second-order valence-electron chi connectivity index (χ2n) is 7.56. The molecule has 2 aromatic heterocycles. The van der Waals surface area contributed by atoms with E-state index < -0.39 is 12.0 Å². The number of amides is 1. The average molecular weight is 444 g/mol. The van der Waals surface area contributed by atoms with Crippen LogP contribution in [0.4, 0.5) is 5.69 Å². The molecule has 4 aromatic rings. The van der Waals surface area contributed by atoms with Crippen LogP contribution in [0.2, 0.25) is 0 Å². The molecular formula is C25H24N4O4. The molecule has 2 N–H and O–H groups in total. The molecule has 0 aliphatic heterocycles. The Kier molecular flexibility index (Phi) is 6.19. The number of aromatic nitrogens is 3. The number of aliphatic hydroxyl groups is 1. The van der Waals surface area contributed by atoms with Crippen molar-refractivity contribution >= 4 is 22.5 Å². The van der Waals surface area contributed by atoms with Gasteiger partial charge in [0, 0.05) is 34.1 Å². The predicted molar refractivity (Wildman–Crippen MR) is 126 cm³/mol. The van der Waals surface area contributed by atoms with Gasteiger partial charge in [0.1, 0.15) is 12.4 Å². The molecule has 8 nitrogen and oxygen atoms in total. The molecule has 0 fully saturated rings. The van der Waals surface area contributed by atoms with Crippen molar-refractivity contribution in [2.24, 2.45) is 0 Å². The molecule has 0 bridgehead atoms. The monoisotopic (exact) mass is 444 g/mol. The Balaban J connectivity index is 1.83. The Bertz CT molecular complexity index is 1320. The van der Waals surface area contributed by atoms with Crippen LogP contribution in [0.15, 0.2) is 55.0 Å². The molecular weight excluding hydrogens is 420 g/mol. The van der Waals surface area contributed by atoms with Gasteiger partial charge in [-0.05, 0) is 55.3 Å². The van der Waals surface area contributed by atoms with E-state index in [9.17, 15) is 9.90 Å². The number of nitrogens with one attached hydrogen (secondary N) is 1. The van der Waals surface area contributed by atoms with Gasteiger partial charge in [-0.1, -0.05) is 12.1 Å². The summed E-state index contributed by atoms with van der Waals surface area (Å²) in [6, 6.07) is 13.3. The Morgan fingerprint density at radius 1 is 0.970 bits per heavy atom. The lowest BCUT2D eigenvalue weighted by molar-refractivity contribution is -0.123. The third kappa shape index (κ3) is 4.47. The van der Waals surface area contributed by atoms with E-state index >= 15 is 0 Å². The normalized spacial score (nSPS) is 11.8. The number of anilines is 1. The lowest BCUT2D eigenvalue weighted by Crippen LogP contribution is -2.24. The largest absolute Gasteiger partial charge is 0.491 e. The van der Waals surface area contributed by atoms with Crippen molar-refractivity contribution < 1.29 is 19.4 Å². The molecule has 33 heavy (non-hydrogen) atoms. The van der Waals surface area contributed by atoms with Crippen molar-refractivity contribution in [2.45, 2.75) is 20.0 Å². The van der Waals surface area contributed by atoms with Crippen molar-refractivity contribution in [2.75, 3.05) is 19.5 Å². The summed E-state index contributed by atoms with van der Waals surface area (Å²) in [5.41, 5.74) is 5.90. The third-order valence-electron chi connectivity index (χ3n) is 5.35. The number of hydrogen-bond donors (Lipinski definition) is 2. The summed E-state index contributed by atoms with van der Waals surface area (Å²) in [6.45, 7) is 3.37. The van der Waals surface area contributed by atoms with E-state index in [0.29, 0.717) is 17.3 Å². The molecule has 2 aromatic carbocycles. The molecule has 0 radical (unpaired) electrons. The molecule has 2 heterocycles. The minimum Gasteiger partial charge on any atom is -0.491 e. The first-order chi connectivity index (χ1) is 15.9. The van der Waals surface area contributed by atoms with Gasteiger partial charge in [-0.25, -0.2) is 15.0 Å². The van der Waals surface area contributed by atoms with Crippen molar-refractivity contribution in [3.63, 3.8) is 0 Å². The summed E-state index contributed by atoms with van der Waals surface area (Å²) < 4.78 is 10.7. The number of pyridine rings is 1. The molecule has 1 amide bonds. The van der Waals surface area contributed by atoms with Crippen molar-refractivity contribution in [3.8, 4) is 33.9 Å². The van der Waals surface area contributed by atoms with Crippen LogP contribution < -0.4 is 14.8 Å². The van der Waals surface area contributed by atoms with Gasteiger partial charge in [0.05, 0.1) is 19.7 Å². The van der Waals surface area contributed by atoms with Gasteiger partial charge in [-0.15, -0.1) is 0 Å². The number of ether oxygens (including phenoxy) is 2. The summed E-state index contributed by atoms with van der Waals surface area (Å²) in [6.07, 6.45) is 2.20. The molecule has 0 spiro atoms. The Labute approximate surface area is 191 Å². The predicted octanol–water partition coefficient (Wildman–Crippen LogP) is 4.00. The molecule has 0 aliphatic carbocycles. The van der Waals surface area contributed by atoms with Crippen molar-refractivity contribution in [1.82, 2.24) is 15.0 Å². The average Bonchev–Trinajstić information content (AvgIpc) is 2.83. The number of fused-ring (bicyclic) bond motifs is 1. The number of aliphatic hydroxyl groups excluding tert-OH is 1. The van der Waals surface area contributed by atoms with Crippen molar-refractivity contribution in [3.05, 3.63) is 60.7 Å². The smallest absolute Gasteiger partial charge is 0.256 e. The zero-order valence-electron chi connectivity index (χ0n) is 18.8. The van der Waals surface area contributed by atoms with Crippen LogP contribution >= 0.6 is 0 Å². The van der Waals surface area contributed by atoms with E-state index in [4.69, 9.17) is 9.47 Å². The highest BCUT2D eigenvalue weighted by Crippen LogP contribution is 2.36. The number of rotatable bonds is 6. The lowest BCUT2D eigenvalue weighted by atomic mass is 9.95. The maximum atomic E-state index is 11.8. The molecule has 4 rings (SSSR count). The SMILES string of the molecule is COc1cc(-c2cc(-c3ccc(NC(=O)[C@H](C)O)cc3)c3ncnc(C)c3c2)cnc1OC. The summed E-state index contributed by atoms with van der Waals surface area (Å²) in [7, 11) is 3.12. The second-order valence-corrected chi connectivity index (χ2v) is 7.56. The summed E-state index contributed by atoms with van der Waals surface area (Å²) in [5.74, 6) is 0.493. The van der Waals surface area contributed by atoms with E-state index in [1.54, 1.807) is 38.9 Å². The van der Waals surface area contributed by atoms with Gasteiger partial charge in [0.25, 0.3) is 11.8 Å². The Morgan fingerprint density at radius 2 is 1.73 bits per heavy atom. The maximum absolute atomic E-state index is 11.8. The zero-order valence-corrected chi connectivity index (χ0v) is 18.8. The standard InChI is InChI=1S/C25H24N4O4/c1-14-20-9-17(18-11-22(32-3)25(33-4)26-12-18)10-21(23(20)28-13-27-14)16-5-7-19(8-6-16)29-24(31)15(2)30/h5-13,15,30H,1-4H3,(H,29,31)/t15-/m0/s1. The summed E-state index contributed by atoms with van der Waals surface area (Å²) >= 11 is 0. The van der Waals surface area contributed by atoms with E-state index in [2.05, 4.69) is 20.3 Å². The third-order valence-corrected chi connectivity index (χ3v) is 5.35. The second kappa shape index (κ2) is 9.22. The Morgan fingerprint density at radius 3 is 2.39 bits per heavy atom. The first-order valence-electron chi connectivity index (χ1n) is 10.3. The minimum atomic E-state index is -1.08. The first kappa shape index (κ1) is 22.2. The number of aryl methyl sites for hydroxylation is 1. The van der Waals surface area contributed by atoms with Gasteiger partial charge in [0.2, 0.25) is 0 Å². The van der Waals surface area contributed by atoms with Crippen LogP contribution in [0.1, 0.15) is 12.6 Å². The molecule has 168 valence electrons. The zero-order chi connectivity index (χ0) is 23.5. The number of methoxy groups -OCH3 is 2. The molecule has 1 atom stereocenters. The van der Waals surface area contributed by atoms with E-state index in [1.165, 1.54) is 6.92 Å². The van der Waals surface area contributed by atoms with Crippen LogP contribution in [0.3, 0.4) is 0 Å². The fraction of sp³-hybridized carbons (Fsp3) is 0.200. The highest BCUT2D eigenvalue weighted by molar-refractivity contribution is 5.99. The summed E-state index contributed by atoms with van der Waals surface area (Å²) in [5, 5.41) is 13.0. The molecule has 0 unspecified atom stereocenters. The van der Waals surface area contributed by atoms with Gasteiger partial charge in [-0.2, -0.15) is 0 Å². The maximum Gasteiger partial charge on any atom is 0.256 e. The molecule has 0 saturated carbocycles. The van der Waals surface area contributed by atoms with Crippen LogP contribution in [0.5, 0.6) is 11.6 Å². The highest BCUT2D eigenvalue weighted by Gasteiger charge is 2.14. The van der Waals surface area contributed by atoms with Gasteiger partial charge in [0.15, 0.2) is 5.75 Å². The number of nitrogens with zero attached hydrogens (tertiary/aromatic N) is 3. The molecule has 0 aliphatic rings. The quantitative estimate of drug-likeness (QED) is 0.463. The fourth-order valence-corrected chi connectivity index (χ4v) is 3.55. The summed E-state index contributed by atoms with van der Waals surface area (Å²) in [4.78, 5) is 25.0.